The van der Waals surface area contributed by atoms with Crippen LogP contribution in [0.5, 0.6) is 0 Å². The van der Waals surface area contributed by atoms with Crippen LogP contribution in [0.15, 0.2) is 11.3 Å². The molecule has 0 radical (unpaired) electrons. The summed E-state index contributed by atoms with van der Waals surface area (Å²) in [6, 6.07) is 0. The predicted molar refractivity (Wildman–Crippen MR) is 86.7 cm³/mol. The Labute approximate surface area is 155 Å². The van der Waals surface area contributed by atoms with Crippen LogP contribution >= 0.6 is 0 Å². The summed E-state index contributed by atoms with van der Waals surface area (Å²) in [5.74, 6) is -2.81. The molecule has 12 heteroatoms. The SMILES string of the molecule is CCOC(=O)C1=C(OS(=O)(=O)C(F)(F)F)C(C)CN(C(=O)OC(C)(C)C)C1. The molecule has 0 aromatic rings. The van der Waals surface area contributed by atoms with E-state index >= 15 is 0 Å². The van der Waals surface area contributed by atoms with Gasteiger partial charge in [-0.25, -0.2) is 9.59 Å². The molecular weight excluding hydrogens is 395 g/mol. The van der Waals surface area contributed by atoms with E-state index in [9.17, 15) is 31.2 Å². The minimum Gasteiger partial charge on any atom is -0.462 e. The molecular formula is C15H22F3NO7S. The average Bonchev–Trinajstić information content (AvgIpc) is 2.46. The Morgan fingerprint density at radius 2 is 1.78 bits per heavy atom. The maximum absolute atomic E-state index is 12.6. The van der Waals surface area contributed by atoms with Crippen molar-refractivity contribution in [2.45, 2.75) is 45.7 Å². The Morgan fingerprint density at radius 3 is 2.22 bits per heavy atom. The van der Waals surface area contributed by atoms with Crippen LogP contribution in [0.25, 0.3) is 0 Å². The van der Waals surface area contributed by atoms with E-state index in [2.05, 4.69) is 4.18 Å². The molecule has 0 aliphatic carbocycles. The highest BCUT2D eigenvalue weighted by Crippen LogP contribution is 2.33. The molecule has 1 amide bonds. The molecule has 27 heavy (non-hydrogen) atoms. The van der Waals surface area contributed by atoms with Crippen LogP contribution in [0.3, 0.4) is 0 Å². The fraction of sp³-hybridized carbons (Fsp3) is 0.733. The zero-order chi connectivity index (χ0) is 21.2. The van der Waals surface area contributed by atoms with Crippen molar-refractivity contribution in [1.82, 2.24) is 4.90 Å². The molecule has 0 saturated heterocycles. The van der Waals surface area contributed by atoms with Crippen LogP contribution in [0, 0.1) is 5.92 Å². The van der Waals surface area contributed by atoms with Crippen molar-refractivity contribution in [3.63, 3.8) is 0 Å². The van der Waals surface area contributed by atoms with Crippen molar-refractivity contribution in [3.05, 3.63) is 11.3 Å². The van der Waals surface area contributed by atoms with E-state index < -0.39 is 57.1 Å². The van der Waals surface area contributed by atoms with Gasteiger partial charge in [-0.05, 0) is 27.7 Å². The number of hydrogen-bond donors (Lipinski definition) is 0. The van der Waals surface area contributed by atoms with Crippen LogP contribution in [0.2, 0.25) is 0 Å². The molecule has 1 aliphatic heterocycles. The first kappa shape index (κ1) is 23.1. The van der Waals surface area contributed by atoms with Crippen LogP contribution in [-0.2, 0) is 28.6 Å². The lowest BCUT2D eigenvalue weighted by Crippen LogP contribution is -2.45. The van der Waals surface area contributed by atoms with Gasteiger partial charge in [-0.3, -0.25) is 0 Å². The molecule has 1 unspecified atom stereocenters. The maximum Gasteiger partial charge on any atom is 0.534 e. The van der Waals surface area contributed by atoms with Gasteiger partial charge in [0.2, 0.25) is 0 Å². The first-order valence-electron chi connectivity index (χ1n) is 7.98. The summed E-state index contributed by atoms with van der Waals surface area (Å²) in [5, 5.41) is 0. The van der Waals surface area contributed by atoms with Crippen molar-refractivity contribution in [2.24, 2.45) is 5.92 Å². The Morgan fingerprint density at radius 1 is 1.22 bits per heavy atom. The number of rotatable bonds is 4. The lowest BCUT2D eigenvalue weighted by atomic mass is 9.99. The van der Waals surface area contributed by atoms with Gasteiger partial charge in [-0.2, -0.15) is 21.6 Å². The minimum atomic E-state index is -5.98. The predicted octanol–water partition coefficient (Wildman–Crippen LogP) is 2.56. The molecule has 1 heterocycles. The van der Waals surface area contributed by atoms with Gasteiger partial charge in [0, 0.05) is 12.5 Å². The van der Waals surface area contributed by atoms with Gasteiger partial charge in [0.25, 0.3) is 0 Å². The molecule has 0 N–H and O–H groups in total. The molecule has 1 atom stereocenters. The molecule has 0 spiro atoms. The molecule has 0 saturated carbocycles. The van der Waals surface area contributed by atoms with Gasteiger partial charge in [0.15, 0.2) is 0 Å². The Hall–Kier alpha value is -1.98. The van der Waals surface area contributed by atoms with E-state index in [1.807, 2.05) is 0 Å². The topological polar surface area (TPSA) is 99.2 Å². The number of ether oxygens (including phenoxy) is 2. The van der Waals surface area contributed by atoms with Gasteiger partial charge in [-0.1, -0.05) is 6.92 Å². The number of amides is 1. The van der Waals surface area contributed by atoms with Crippen LogP contribution in [0.4, 0.5) is 18.0 Å². The molecule has 1 aliphatic rings. The molecule has 8 nitrogen and oxygen atoms in total. The second-order valence-electron chi connectivity index (χ2n) is 6.81. The molecule has 0 aromatic carbocycles. The Kier molecular flexibility index (Phi) is 6.79. The van der Waals surface area contributed by atoms with E-state index in [0.717, 1.165) is 4.90 Å². The summed E-state index contributed by atoms with van der Waals surface area (Å²) in [6.07, 6.45) is -0.811. The second kappa shape index (κ2) is 7.95. The van der Waals surface area contributed by atoms with Crippen molar-refractivity contribution in [2.75, 3.05) is 19.7 Å². The van der Waals surface area contributed by atoms with Crippen molar-refractivity contribution in [3.8, 4) is 0 Å². The highest BCUT2D eigenvalue weighted by Gasteiger charge is 2.50. The van der Waals surface area contributed by atoms with E-state index in [4.69, 9.17) is 9.47 Å². The van der Waals surface area contributed by atoms with Gasteiger partial charge in [0.05, 0.1) is 18.7 Å². The zero-order valence-corrected chi connectivity index (χ0v) is 16.4. The van der Waals surface area contributed by atoms with Crippen LogP contribution < -0.4 is 0 Å². The number of halogens is 3. The standard InChI is InChI=1S/C15H22F3NO7S/c1-6-24-12(20)10-8-19(13(21)25-14(3,4)5)7-9(2)11(10)26-27(22,23)15(16,17)18/h9H,6-8H2,1-5H3. The molecule has 1 rings (SSSR count). The third-order valence-electron chi connectivity index (χ3n) is 3.24. The first-order chi connectivity index (χ1) is 12.1. The fourth-order valence-electron chi connectivity index (χ4n) is 2.19. The average molecular weight is 417 g/mol. The Bertz CT molecular complexity index is 723. The summed E-state index contributed by atoms with van der Waals surface area (Å²) in [5.41, 5.74) is -7.00. The third-order valence-corrected chi connectivity index (χ3v) is 4.21. The minimum absolute atomic E-state index is 0.109. The number of hydrogen-bond acceptors (Lipinski definition) is 7. The number of nitrogens with zero attached hydrogens (tertiary/aromatic N) is 1. The van der Waals surface area contributed by atoms with E-state index in [1.165, 1.54) is 13.8 Å². The quantitative estimate of drug-likeness (QED) is 0.394. The maximum atomic E-state index is 12.6. The van der Waals surface area contributed by atoms with Gasteiger partial charge in [0.1, 0.15) is 11.4 Å². The highest BCUT2D eigenvalue weighted by atomic mass is 32.2. The first-order valence-corrected chi connectivity index (χ1v) is 9.38. The van der Waals surface area contributed by atoms with Crippen LogP contribution in [0.1, 0.15) is 34.6 Å². The van der Waals surface area contributed by atoms with E-state index in [-0.39, 0.29) is 13.2 Å². The molecule has 0 bridgehead atoms. The van der Waals surface area contributed by atoms with Crippen molar-refractivity contribution in [1.29, 1.82) is 0 Å². The van der Waals surface area contributed by atoms with Gasteiger partial charge in [-0.15, -0.1) is 0 Å². The monoisotopic (exact) mass is 417 g/mol. The van der Waals surface area contributed by atoms with E-state index in [1.54, 1.807) is 20.8 Å². The highest BCUT2D eigenvalue weighted by molar-refractivity contribution is 7.87. The summed E-state index contributed by atoms with van der Waals surface area (Å²) in [4.78, 5) is 25.4. The van der Waals surface area contributed by atoms with Gasteiger partial charge < -0.3 is 18.6 Å². The Balaban J connectivity index is 3.28. The third kappa shape index (κ3) is 6.01. The largest absolute Gasteiger partial charge is 0.534 e. The molecule has 156 valence electrons. The fourth-order valence-corrected chi connectivity index (χ4v) is 2.79. The number of carbonyl (C=O) groups is 2. The summed E-state index contributed by atoms with van der Waals surface area (Å²) < 4.78 is 74.8. The van der Waals surface area contributed by atoms with E-state index in [0.29, 0.717) is 0 Å². The summed E-state index contributed by atoms with van der Waals surface area (Å²) in [6.45, 7) is 6.80. The van der Waals surface area contributed by atoms with Crippen LogP contribution in [-0.4, -0.2) is 56.2 Å². The lowest BCUT2D eigenvalue weighted by Gasteiger charge is -2.34. The van der Waals surface area contributed by atoms with Crippen molar-refractivity contribution < 1.29 is 44.8 Å². The molecule has 0 fully saturated rings. The van der Waals surface area contributed by atoms with Crippen molar-refractivity contribution >= 4 is 22.2 Å². The number of alkyl halides is 3. The normalized spacial score (nSPS) is 19.0. The second-order valence-corrected chi connectivity index (χ2v) is 8.35. The van der Waals surface area contributed by atoms with Gasteiger partial charge >= 0.3 is 27.7 Å². The zero-order valence-electron chi connectivity index (χ0n) is 15.5. The smallest absolute Gasteiger partial charge is 0.462 e. The summed E-state index contributed by atoms with van der Waals surface area (Å²) >= 11 is 0. The lowest BCUT2D eigenvalue weighted by molar-refractivity contribution is -0.139. The molecule has 0 aromatic heterocycles. The summed E-state index contributed by atoms with van der Waals surface area (Å²) in [7, 11) is -5.98. The number of carbonyl (C=O) groups excluding carboxylic acids is 2. The number of esters is 1.